The quantitative estimate of drug-likeness (QED) is 0.689. The molecule has 1 heterocycles. The van der Waals surface area contributed by atoms with Crippen LogP contribution in [0.15, 0.2) is 42.5 Å². The molecule has 0 spiro atoms. The predicted molar refractivity (Wildman–Crippen MR) is 89.8 cm³/mol. The fraction of sp³-hybridized carbons (Fsp3) is 0.125. The third-order valence-electron chi connectivity index (χ3n) is 3.02. The van der Waals surface area contributed by atoms with E-state index in [-0.39, 0.29) is 29.4 Å². The molecule has 0 fully saturated rings. The summed E-state index contributed by atoms with van der Waals surface area (Å²) in [5.74, 6) is -1.43. The van der Waals surface area contributed by atoms with Crippen LogP contribution in [0.3, 0.4) is 0 Å². The van der Waals surface area contributed by atoms with Crippen LogP contribution in [0, 0.1) is 0 Å². The molecule has 1 aromatic carbocycles. The minimum Gasteiger partial charge on any atom is -0.370 e. The molecule has 4 N–H and O–H groups in total. The molecular formula is C16H15ClN4O3. The van der Waals surface area contributed by atoms with E-state index in [4.69, 9.17) is 17.3 Å². The standard InChI is InChI=1S/C16H15ClN4O3/c17-13-7-3-6-12(20-13)16(24)21-11-5-2-1-4-10(11)15(23)19-9-8-14(18)22/h1-7H,8-9H2,(H2,18,22)(H,19,23)(H,21,24). The number of nitrogens with two attached hydrogens (primary N) is 1. The van der Waals surface area contributed by atoms with Gasteiger partial charge in [-0.05, 0) is 24.3 Å². The van der Waals surface area contributed by atoms with Crippen LogP contribution < -0.4 is 16.4 Å². The Morgan fingerprint density at radius 3 is 2.50 bits per heavy atom. The summed E-state index contributed by atoms with van der Waals surface area (Å²) in [5, 5.41) is 5.38. The van der Waals surface area contributed by atoms with Gasteiger partial charge in [-0.2, -0.15) is 0 Å². The molecule has 0 atom stereocenters. The second-order valence-electron chi connectivity index (χ2n) is 4.82. The lowest BCUT2D eigenvalue weighted by Crippen LogP contribution is -2.29. The first kappa shape index (κ1) is 17.4. The first-order valence-electron chi connectivity index (χ1n) is 7.07. The van der Waals surface area contributed by atoms with Gasteiger partial charge in [0, 0.05) is 13.0 Å². The van der Waals surface area contributed by atoms with Crippen LogP contribution in [0.5, 0.6) is 0 Å². The lowest BCUT2D eigenvalue weighted by molar-refractivity contribution is -0.117. The lowest BCUT2D eigenvalue weighted by atomic mass is 10.1. The Morgan fingerprint density at radius 2 is 1.79 bits per heavy atom. The van der Waals surface area contributed by atoms with Crippen LogP contribution in [0.2, 0.25) is 5.15 Å². The monoisotopic (exact) mass is 346 g/mol. The van der Waals surface area contributed by atoms with Gasteiger partial charge in [-0.3, -0.25) is 14.4 Å². The van der Waals surface area contributed by atoms with Crippen molar-refractivity contribution < 1.29 is 14.4 Å². The summed E-state index contributed by atoms with van der Waals surface area (Å²) in [6.45, 7) is 0.117. The molecule has 0 saturated carbocycles. The molecule has 24 heavy (non-hydrogen) atoms. The molecule has 0 aliphatic carbocycles. The molecule has 2 aromatic rings. The van der Waals surface area contributed by atoms with E-state index in [0.29, 0.717) is 5.69 Å². The van der Waals surface area contributed by atoms with Crippen LogP contribution in [-0.4, -0.2) is 29.3 Å². The van der Waals surface area contributed by atoms with Crippen molar-refractivity contribution in [3.8, 4) is 0 Å². The number of nitrogens with zero attached hydrogens (tertiary/aromatic N) is 1. The molecule has 1 aromatic heterocycles. The normalized spacial score (nSPS) is 10.0. The average Bonchev–Trinajstić information content (AvgIpc) is 2.55. The summed E-state index contributed by atoms with van der Waals surface area (Å²) in [7, 11) is 0. The van der Waals surface area contributed by atoms with Gasteiger partial charge in [-0.15, -0.1) is 0 Å². The summed E-state index contributed by atoms with van der Waals surface area (Å²) >= 11 is 5.76. The number of anilines is 1. The van der Waals surface area contributed by atoms with Crippen LogP contribution in [0.25, 0.3) is 0 Å². The summed E-state index contributed by atoms with van der Waals surface area (Å²) in [6.07, 6.45) is 0.0344. The van der Waals surface area contributed by atoms with Gasteiger partial charge in [0.25, 0.3) is 11.8 Å². The molecule has 0 bridgehead atoms. The number of hydrogen-bond donors (Lipinski definition) is 3. The number of nitrogens with one attached hydrogen (secondary N) is 2. The number of hydrogen-bond acceptors (Lipinski definition) is 4. The zero-order valence-electron chi connectivity index (χ0n) is 12.6. The van der Waals surface area contributed by atoms with E-state index in [1.165, 1.54) is 6.07 Å². The van der Waals surface area contributed by atoms with Gasteiger partial charge in [0.1, 0.15) is 10.8 Å². The number of primary amides is 1. The Kier molecular flexibility index (Phi) is 5.86. The highest BCUT2D eigenvalue weighted by molar-refractivity contribution is 6.29. The molecule has 0 aliphatic heterocycles. The Hall–Kier alpha value is -2.93. The van der Waals surface area contributed by atoms with Crippen LogP contribution in [-0.2, 0) is 4.79 Å². The minimum atomic E-state index is -0.510. The Bertz CT molecular complexity index is 779. The topological polar surface area (TPSA) is 114 Å². The fourth-order valence-corrected chi connectivity index (χ4v) is 2.07. The molecule has 7 nitrogen and oxygen atoms in total. The number of pyridine rings is 1. The van der Waals surface area contributed by atoms with E-state index in [2.05, 4.69) is 15.6 Å². The second-order valence-corrected chi connectivity index (χ2v) is 5.20. The maximum atomic E-state index is 12.2. The molecule has 3 amide bonds. The van der Waals surface area contributed by atoms with E-state index >= 15 is 0 Å². The number of benzene rings is 1. The maximum absolute atomic E-state index is 12.2. The predicted octanol–water partition coefficient (Wildman–Crippen LogP) is 1.59. The summed E-state index contributed by atoms with van der Waals surface area (Å²) in [6, 6.07) is 11.2. The van der Waals surface area contributed by atoms with Crippen molar-refractivity contribution in [2.75, 3.05) is 11.9 Å². The van der Waals surface area contributed by atoms with Crippen molar-refractivity contribution >= 4 is 35.0 Å². The number of carbonyl (C=O) groups is 3. The van der Waals surface area contributed by atoms with Crippen molar-refractivity contribution in [2.24, 2.45) is 5.73 Å². The smallest absolute Gasteiger partial charge is 0.274 e. The van der Waals surface area contributed by atoms with E-state index in [9.17, 15) is 14.4 Å². The average molecular weight is 347 g/mol. The third-order valence-corrected chi connectivity index (χ3v) is 3.24. The van der Waals surface area contributed by atoms with Crippen LogP contribution in [0.1, 0.15) is 27.3 Å². The summed E-state index contributed by atoms with van der Waals surface area (Å²) < 4.78 is 0. The van der Waals surface area contributed by atoms with Crippen LogP contribution >= 0.6 is 11.6 Å². The van der Waals surface area contributed by atoms with Crippen LogP contribution in [0.4, 0.5) is 5.69 Å². The van der Waals surface area contributed by atoms with Gasteiger partial charge in [-0.25, -0.2) is 4.98 Å². The highest BCUT2D eigenvalue weighted by Gasteiger charge is 2.14. The Morgan fingerprint density at radius 1 is 1.04 bits per heavy atom. The fourth-order valence-electron chi connectivity index (χ4n) is 1.91. The molecule has 8 heteroatoms. The maximum Gasteiger partial charge on any atom is 0.274 e. The highest BCUT2D eigenvalue weighted by Crippen LogP contribution is 2.16. The van der Waals surface area contributed by atoms with E-state index in [0.717, 1.165) is 0 Å². The van der Waals surface area contributed by atoms with E-state index in [1.807, 2.05) is 0 Å². The number of rotatable bonds is 6. The van der Waals surface area contributed by atoms with Crippen molar-refractivity contribution in [2.45, 2.75) is 6.42 Å². The number of carbonyl (C=O) groups excluding carboxylic acids is 3. The van der Waals surface area contributed by atoms with Gasteiger partial charge in [0.15, 0.2) is 0 Å². The van der Waals surface area contributed by atoms with E-state index < -0.39 is 17.7 Å². The van der Waals surface area contributed by atoms with Gasteiger partial charge >= 0.3 is 0 Å². The largest absolute Gasteiger partial charge is 0.370 e. The molecule has 2 rings (SSSR count). The highest BCUT2D eigenvalue weighted by atomic mass is 35.5. The second kappa shape index (κ2) is 8.07. The van der Waals surface area contributed by atoms with Gasteiger partial charge in [0.05, 0.1) is 11.3 Å². The SMILES string of the molecule is NC(=O)CCNC(=O)c1ccccc1NC(=O)c1cccc(Cl)n1. The number of aromatic nitrogens is 1. The molecule has 124 valence electrons. The summed E-state index contributed by atoms with van der Waals surface area (Å²) in [5.41, 5.74) is 5.74. The molecule has 0 unspecified atom stereocenters. The molecular weight excluding hydrogens is 332 g/mol. The first-order valence-corrected chi connectivity index (χ1v) is 7.44. The van der Waals surface area contributed by atoms with E-state index in [1.54, 1.807) is 36.4 Å². The van der Waals surface area contributed by atoms with Gasteiger partial charge < -0.3 is 16.4 Å². The van der Waals surface area contributed by atoms with Gasteiger partial charge in [0.2, 0.25) is 5.91 Å². The van der Waals surface area contributed by atoms with Gasteiger partial charge in [-0.1, -0.05) is 29.8 Å². The van der Waals surface area contributed by atoms with Crippen molar-refractivity contribution in [1.29, 1.82) is 0 Å². The molecule has 0 aliphatic rings. The number of halogens is 1. The lowest BCUT2D eigenvalue weighted by Gasteiger charge is -2.11. The zero-order chi connectivity index (χ0) is 17.5. The number of para-hydroxylation sites is 1. The Labute approximate surface area is 143 Å². The zero-order valence-corrected chi connectivity index (χ0v) is 13.3. The van der Waals surface area contributed by atoms with Crippen molar-refractivity contribution in [3.63, 3.8) is 0 Å². The Balaban J connectivity index is 2.12. The number of amides is 3. The van der Waals surface area contributed by atoms with Crippen molar-refractivity contribution in [1.82, 2.24) is 10.3 Å². The minimum absolute atomic E-state index is 0.0344. The summed E-state index contributed by atoms with van der Waals surface area (Å²) in [4.78, 5) is 39.0. The first-order chi connectivity index (χ1) is 11.5. The molecule has 0 saturated heterocycles. The van der Waals surface area contributed by atoms with Crippen molar-refractivity contribution in [3.05, 3.63) is 58.9 Å². The third kappa shape index (κ3) is 4.79. The molecule has 0 radical (unpaired) electrons.